The van der Waals surface area contributed by atoms with E-state index in [1.165, 1.54) is 29.4 Å². The first-order valence-corrected chi connectivity index (χ1v) is 12.5. The van der Waals surface area contributed by atoms with Gasteiger partial charge in [-0.05, 0) is 37.3 Å². The summed E-state index contributed by atoms with van der Waals surface area (Å²) in [6, 6.07) is 5.99. The van der Waals surface area contributed by atoms with Gasteiger partial charge in [0.25, 0.3) is 0 Å². The largest absolute Gasteiger partial charge is 0.464 e. The molecule has 0 bridgehead atoms. The molecule has 15 heteroatoms. The van der Waals surface area contributed by atoms with Gasteiger partial charge in [-0.15, -0.1) is 0 Å². The van der Waals surface area contributed by atoms with Crippen molar-refractivity contribution < 1.29 is 44.7 Å². The number of hydrogen-bond donors (Lipinski definition) is 1. The van der Waals surface area contributed by atoms with Gasteiger partial charge in [0.2, 0.25) is 0 Å². The molecule has 3 heterocycles. The molecule has 0 saturated heterocycles. The van der Waals surface area contributed by atoms with E-state index in [-0.39, 0.29) is 41.9 Å². The fourth-order valence-corrected chi connectivity index (χ4v) is 4.51. The summed E-state index contributed by atoms with van der Waals surface area (Å²) >= 11 is 0. The average molecular weight is 609 g/mol. The van der Waals surface area contributed by atoms with Crippen LogP contribution in [0.25, 0.3) is 22.6 Å². The van der Waals surface area contributed by atoms with E-state index in [1.54, 1.807) is 6.92 Å². The zero-order chi connectivity index (χ0) is 31.1. The molecule has 5 rings (SSSR count). The molecule has 1 aliphatic heterocycles. The van der Waals surface area contributed by atoms with Crippen LogP contribution >= 0.6 is 0 Å². The molecule has 0 spiro atoms. The van der Waals surface area contributed by atoms with Gasteiger partial charge < -0.3 is 9.72 Å². The van der Waals surface area contributed by atoms with Crippen molar-refractivity contribution >= 4 is 12.2 Å². The first-order valence-electron chi connectivity index (χ1n) is 12.5. The lowest BCUT2D eigenvalue weighted by Crippen LogP contribution is -2.33. The second-order valence-corrected chi connectivity index (χ2v) is 9.28. The molecule has 7 nitrogen and oxygen atoms in total. The lowest BCUT2D eigenvalue weighted by molar-refractivity contribution is -0.150. The van der Waals surface area contributed by atoms with Gasteiger partial charge in [0.1, 0.15) is 11.5 Å². The van der Waals surface area contributed by atoms with Gasteiger partial charge >= 0.3 is 18.3 Å². The van der Waals surface area contributed by atoms with Gasteiger partial charge in [-0.25, -0.2) is 18.6 Å². The zero-order valence-electron chi connectivity index (χ0n) is 21.9. The van der Waals surface area contributed by atoms with Crippen LogP contribution < -0.4 is 0 Å². The number of imidazole rings is 1. The molecule has 1 unspecified atom stereocenters. The summed E-state index contributed by atoms with van der Waals surface area (Å²) in [6.45, 7) is 1.46. The zero-order valence-corrected chi connectivity index (χ0v) is 21.9. The Hall–Kier alpha value is -4.82. The maximum absolute atomic E-state index is 14.3. The van der Waals surface area contributed by atoms with E-state index in [1.807, 2.05) is 0 Å². The van der Waals surface area contributed by atoms with Crippen molar-refractivity contribution in [1.82, 2.24) is 20.0 Å². The number of rotatable bonds is 6. The van der Waals surface area contributed by atoms with Gasteiger partial charge in [-0.1, -0.05) is 18.2 Å². The van der Waals surface area contributed by atoms with Crippen LogP contribution in [0.4, 0.5) is 35.1 Å². The summed E-state index contributed by atoms with van der Waals surface area (Å²) in [5.74, 6) is -2.94. The monoisotopic (exact) mass is 609 g/mol. The van der Waals surface area contributed by atoms with Gasteiger partial charge in [0, 0.05) is 17.3 Å². The molecule has 0 fully saturated rings. The summed E-state index contributed by atoms with van der Waals surface area (Å²) in [6.07, 6.45) is -7.72. The molecule has 0 aliphatic carbocycles. The van der Waals surface area contributed by atoms with Crippen molar-refractivity contribution in [1.29, 1.82) is 0 Å². The van der Waals surface area contributed by atoms with Crippen LogP contribution in [0.5, 0.6) is 0 Å². The molecule has 0 radical (unpaired) electrons. The molecule has 0 amide bonds. The Labute approximate surface area is 237 Å². The van der Waals surface area contributed by atoms with Crippen molar-refractivity contribution in [2.75, 3.05) is 6.61 Å². The molecule has 1 atom stereocenters. The van der Waals surface area contributed by atoms with E-state index >= 15 is 0 Å². The van der Waals surface area contributed by atoms with Crippen LogP contribution in [0, 0.1) is 11.6 Å². The summed E-state index contributed by atoms with van der Waals surface area (Å²) in [7, 11) is 0. The first-order chi connectivity index (χ1) is 20.3. The van der Waals surface area contributed by atoms with Crippen molar-refractivity contribution in [2.45, 2.75) is 31.9 Å². The number of hydrogen-bond acceptors (Lipinski definition) is 6. The molecule has 0 saturated carbocycles. The smallest absolute Gasteiger partial charge is 0.417 e. The fraction of sp³-hybridized carbons (Fsp3) is 0.214. The Morgan fingerprint density at radius 3 is 2.44 bits per heavy atom. The number of aromatic nitrogens is 3. The molecule has 2 aromatic carbocycles. The number of esters is 1. The number of carbonyl (C=O) groups is 1. The molecule has 2 aromatic heterocycles. The quantitative estimate of drug-likeness (QED) is 0.190. The topological polar surface area (TPSA) is 83.5 Å². The number of hydrazone groups is 1. The van der Waals surface area contributed by atoms with E-state index in [0.717, 1.165) is 18.3 Å². The van der Waals surface area contributed by atoms with Crippen molar-refractivity contribution in [3.63, 3.8) is 0 Å². The molecular weight excluding hydrogens is 590 g/mol. The molecule has 1 aliphatic rings. The second kappa shape index (κ2) is 11.1. The van der Waals surface area contributed by atoms with Crippen molar-refractivity contribution in [3.05, 3.63) is 94.4 Å². The van der Waals surface area contributed by atoms with E-state index in [4.69, 9.17) is 4.74 Å². The molecule has 224 valence electrons. The summed E-state index contributed by atoms with van der Waals surface area (Å²) in [4.78, 5) is 24.1. The maximum Gasteiger partial charge on any atom is 0.417 e. The average Bonchev–Trinajstić information content (AvgIpc) is 3.37. The Morgan fingerprint density at radius 2 is 1.79 bits per heavy atom. The van der Waals surface area contributed by atoms with Crippen molar-refractivity contribution in [2.24, 2.45) is 5.10 Å². The highest BCUT2D eigenvalue weighted by molar-refractivity contribution is 5.82. The number of aromatic amines is 1. The Balaban J connectivity index is 1.47. The highest BCUT2D eigenvalue weighted by Gasteiger charge is 2.39. The van der Waals surface area contributed by atoms with Crippen LogP contribution in [0.1, 0.15) is 41.0 Å². The number of alkyl halides is 6. The van der Waals surface area contributed by atoms with E-state index in [2.05, 4.69) is 20.1 Å². The number of nitrogens with one attached hydrogen (secondary N) is 1. The van der Waals surface area contributed by atoms with E-state index in [0.29, 0.717) is 23.5 Å². The Morgan fingerprint density at radius 1 is 1.02 bits per heavy atom. The van der Waals surface area contributed by atoms with Crippen LogP contribution in [0.2, 0.25) is 0 Å². The third-order valence-electron chi connectivity index (χ3n) is 6.50. The van der Waals surface area contributed by atoms with Crippen molar-refractivity contribution in [3.8, 4) is 22.6 Å². The van der Waals surface area contributed by atoms with Crippen LogP contribution in [-0.2, 0) is 28.4 Å². The van der Waals surface area contributed by atoms with Gasteiger partial charge in [-0.2, -0.15) is 31.4 Å². The fourth-order valence-electron chi connectivity index (χ4n) is 4.51. The number of halogens is 8. The summed E-state index contributed by atoms with van der Waals surface area (Å²) < 4.78 is 114. The number of carbonyl (C=O) groups excluding carboxylic acids is 1. The predicted octanol–water partition coefficient (Wildman–Crippen LogP) is 6.91. The third kappa shape index (κ3) is 5.92. The number of ether oxygens (including phenoxy) is 1. The number of pyridine rings is 1. The molecular formula is C28H19F8N5O2. The minimum absolute atomic E-state index is 0.0146. The van der Waals surface area contributed by atoms with E-state index in [9.17, 15) is 39.9 Å². The molecule has 43 heavy (non-hydrogen) atoms. The highest BCUT2D eigenvalue weighted by Crippen LogP contribution is 2.41. The van der Waals surface area contributed by atoms with E-state index < -0.39 is 52.7 Å². The summed E-state index contributed by atoms with van der Waals surface area (Å²) in [5.41, 5.74) is -3.14. The van der Waals surface area contributed by atoms with Crippen LogP contribution in [0.3, 0.4) is 0 Å². The Kier molecular flexibility index (Phi) is 7.67. The number of fused-ring (bicyclic) bond motifs is 1. The number of benzene rings is 2. The van der Waals surface area contributed by atoms with Gasteiger partial charge in [0.15, 0.2) is 17.7 Å². The summed E-state index contributed by atoms with van der Waals surface area (Å²) in [5, 5.41) is 5.51. The normalized spacial score (nSPS) is 14.0. The minimum Gasteiger partial charge on any atom is -0.464 e. The van der Waals surface area contributed by atoms with Crippen LogP contribution in [-0.4, -0.2) is 38.8 Å². The number of H-pyrrole nitrogens is 1. The lowest BCUT2D eigenvalue weighted by atomic mass is 9.99. The molecule has 4 aromatic rings. The standard InChI is InChI=1S/C28H19F8N5O2/c1-2-43-26(42)24(41-13-22-21(12-38-41)39-25(40-22)17-4-3-5-19(29)23(17)30)14-6-9-20(37-11-14)16-8-7-15(27(31,32)33)10-18(16)28(34,35)36/h3-12,24H,2,13H2,1H3,(H,39,40). The molecule has 1 N–H and O–H groups in total. The SMILES string of the molecule is CCOC(=O)C(c1ccc(-c2ccc(C(F)(F)F)cc2C(F)(F)F)nc1)N1Cc2[nH]c(-c3cccc(F)c3F)nc2C=N1. The minimum atomic E-state index is -5.11. The first kappa shape index (κ1) is 29.7. The highest BCUT2D eigenvalue weighted by atomic mass is 19.4. The lowest BCUT2D eigenvalue weighted by Gasteiger charge is -2.29. The second-order valence-electron chi connectivity index (χ2n) is 9.28. The van der Waals surface area contributed by atoms with Crippen LogP contribution in [0.15, 0.2) is 59.8 Å². The maximum atomic E-state index is 14.3. The van der Waals surface area contributed by atoms with Gasteiger partial charge in [-0.3, -0.25) is 9.99 Å². The number of nitrogens with zero attached hydrogens (tertiary/aromatic N) is 4. The predicted molar refractivity (Wildman–Crippen MR) is 136 cm³/mol. The van der Waals surface area contributed by atoms with Gasteiger partial charge in [0.05, 0.1) is 47.4 Å². The Bertz CT molecular complexity index is 1700. The third-order valence-corrected chi connectivity index (χ3v) is 6.50.